The number of hydrogen-bond donors (Lipinski definition) is 1. The van der Waals surface area contributed by atoms with Gasteiger partial charge in [0.1, 0.15) is 17.2 Å². The minimum Gasteiger partial charge on any atom is -0.497 e. The van der Waals surface area contributed by atoms with Crippen LogP contribution in [0.5, 0.6) is 11.5 Å². The molecule has 0 fully saturated rings. The van der Waals surface area contributed by atoms with E-state index in [-0.39, 0.29) is 18.1 Å². The van der Waals surface area contributed by atoms with E-state index in [9.17, 15) is 9.59 Å². The van der Waals surface area contributed by atoms with Gasteiger partial charge in [-0.15, -0.1) is 11.3 Å². The quantitative estimate of drug-likeness (QED) is 0.519. The first-order valence-electron chi connectivity index (χ1n) is 9.39. The average molecular weight is 455 g/mol. The number of amides is 2. The summed E-state index contributed by atoms with van der Waals surface area (Å²) in [6.07, 6.45) is 0. The van der Waals surface area contributed by atoms with Crippen LogP contribution in [0.15, 0.2) is 65.7 Å². The van der Waals surface area contributed by atoms with Gasteiger partial charge in [-0.05, 0) is 23.1 Å². The zero-order valence-electron chi connectivity index (χ0n) is 16.8. The summed E-state index contributed by atoms with van der Waals surface area (Å²) >= 11 is 7.66. The normalized spacial score (nSPS) is 13.7. The second kappa shape index (κ2) is 8.83. The van der Waals surface area contributed by atoms with Crippen LogP contribution in [-0.4, -0.2) is 30.9 Å². The van der Waals surface area contributed by atoms with Crippen LogP contribution >= 0.6 is 22.9 Å². The maximum atomic E-state index is 13.3. The second-order valence-corrected chi connectivity index (χ2v) is 8.10. The van der Waals surface area contributed by atoms with Gasteiger partial charge in [-0.1, -0.05) is 35.9 Å². The second-order valence-electron chi connectivity index (χ2n) is 6.74. The lowest BCUT2D eigenvalue weighted by atomic mass is 10.1. The lowest BCUT2D eigenvalue weighted by Crippen LogP contribution is -2.32. The molecular weight excluding hydrogens is 436 g/mol. The number of halogens is 1. The Morgan fingerprint density at radius 1 is 0.968 bits per heavy atom. The van der Waals surface area contributed by atoms with Crippen LogP contribution in [0.3, 0.4) is 0 Å². The fourth-order valence-electron chi connectivity index (χ4n) is 3.31. The summed E-state index contributed by atoms with van der Waals surface area (Å²) < 4.78 is 10.6. The maximum absolute atomic E-state index is 13.3. The maximum Gasteiger partial charge on any atom is 0.278 e. The predicted octanol–water partition coefficient (Wildman–Crippen LogP) is 4.81. The van der Waals surface area contributed by atoms with Crippen molar-refractivity contribution in [1.82, 2.24) is 4.90 Å². The fourth-order valence-corrected chi connectivity index (χ4v) is 4.27. The number of imide groups is 1. The van der Waals surface area contributed by atoms with Gasteiger partial charge in [0.05, 0.1) is 26.3 Å². The standard InChI is InChI=1S/C23H19ClN2O4S/c1-29-16-10-15(11-17(12-16)30-2)25-21-20(19-8-5-9-31-19)22(27)26(23(21)28)13-14-6-3-4-7-18(14)24/h3-12,25H,13H2,1-2H3. The van der Waals surface area contributed by atoms with Crippen molar-refractivity contribution in [2.75, 3.05) is 19.5 Å². The van der Waals surface area contributed by atoms with Crippen molar-refractivity contribution in [3.8, 4) is 11.5 Å². The van der Waals surface area contributed by atoms with E-state index < -0.39 is 5.91 Å². The third-order valence-corrected chi connectivity index (χ3v) is 6.10. The van der Waals surface area contributed by atoms with Crippen LogP contribution in [0, 0.1) is 0 Å². The SMILES string of the molecule is COc1cc(NC2=C(c3cccs3)C(=O)N(Cc3ccccc3Cl)C2=O)cc(OC)c1. The van der Waals surface area contributed by atoms with Crippen molar-refractivity contribution in [3.05, 3.63) is 81.1 Å². The van der Waals surface area contributed by atoms with Gasteiger partial charge in [0.25, 0.3) is 11.8 Å². The van der Waals surface area contributed by atoms with Crippen molar-refractivity contribution in [3.63, 3.8) is 0 Å². The van der Waals surface area contributed by atoms with Gasteiger partial charge in [0.15, 0.2) is 0 Å². The summed E-state index contributed by atoms with van der Waals surface area (Å²) in [5, 5.41) is 5.48. The number of nitrogens with one attached hydrogen (secondary N) is 1. The van der Waals surface area contributed by atoms with Gasteiger partial charge in [-0.3, -0.25) is 14.5 Å². The lowest BCUT2D eigenvalue weighted by Gasteiger charge is -2.16. The first-order valence-corrected chi connectivity index (χ1v) is 10.7. The molecule has 2 aromatic carbocycles. The predicted molar refractivity (Wildman–Crippen MR) is 121 cm³/mol. The Kier molecular flexibility index (Phi) is 5.97. The zero-order valence-corrected chi connectivity index (χ0v) is 18.4. The highest BCUT2D eigenvalue weighted by Crippen LogP contribution is 2.35. The summed E-state index contributed by atoms with van der Waals surface area (Å²) in [6.45, 7) is 0.0822. The first-order chi connectivity index (χ1) is 15.0. The molecule has 1 aliphatic heterocycles. The van der Waals surface area contributed by atoms with Crippen LogP contribution in [0.25, 0.3) is 5.57 Å². The van der Waals surface area contributed by atoms with Crippen LogP contribution in [-0.2, 0) is 16.1 Å². The van der Waals surface area contributed by atoms with E-state index in [0.29, 0.717) is 38.2 Å². The van der Waals surface area contributed by atoms with E-state index in [0.717, 1.165) is 0 Å². The Morgan fingerprint density at radius 3 is 2.29 bits per heavy atom. The highest BCUT2D eigenvalue weighted by Gasteiger charge is 2.40. The van der Waals surface area contributed by atoms with E-state index in [1.807, 2.05) is 23.6 Å². The van der Waals surface area contributed by atoms with E-state index in [2.05, 4.69) is 5.32 Å². The number of ether oxygens (including phenoxy) is 2. The molecule has 4 rings (SSSR count). The molecule has 0 atom stereocenters. The molecule has 1 N–H and O–H groups in total. The van der Waals surface area contributed by atoms with Gasteiger partial charge in [-0.25, -0.2) is 0 Å². The van der Waals surface area contributed by atoms with Gasteiger partial charge in [-0.2, -0.15) is 0 Å². The molecule has 0 saturated carbocycles. The van der Waals surface area contributed by atoms with Crippen LogP contribution in [0.4, 0.5) is 5.69 Å². The fraction of sp³-hybridized carbons (Fsp3) is 0.130. The number of carbonyl (C=O) groups is 2. The third kappa shape index (κ3) is 4.15. The number of carbonyl (C=O) groups excluding carboxylic acids is 2. The smallest absolute Gasteiger partial charge is 0.278 e. The monoisotopic (exact) mass is 454 g/mol. The highest BCUT2D eigenvalue weighted by molar-refractivity contribution is 7.11. The molecule has 8 heteroatoms. The van der Waals surface area contributed by atoms with Crippen molar-refractivity contribution in [1.29, 1.82) is 0 Å². The van der Waals surface area contributed by atoms with E-state index in [1.165, 1.54) is 16.2 Å². The molecule has 0 unspecified atom stereocenters. The summed E-state index contributed by atoms with van der Waals surface area (Å²) in [6, 6.07) is 16.0. The molecule has 1 aromatic heterocycles. The van der Waals surface area contributed by atoms with Crippen molar-refractivity contribution in [2.24, 2.45) is 0 Å². The van der Waals surface area contributed by atoms with Gasteiger partial charge < -0.3 is 14.8 Å². The third-order valence-electron chi connectivity index (χ3n) is 4.84. The molecule has 31 heavy (non-hydrogen) atoms. The van der Waals surface area contributed by atoms with Crippen molar-refractivity contribution >= 4 is 46.0 Å². The first kappa shape index (κ1) is 21.0. The van der Waals surface area contributed by atoms with Crippen LogP contribution in [0.1, 0.15) is 10.4 Å². The number of anilines is 1. The van der Waals surface area contributed by atoms with Crippen molar-refractivity contribution < 1.29 is 19.1 Å². The number of thiophene rings is 1. The Hall–Kier alpha value is -3.29. The summed E-state index contributed by atoms with van der Waals surface area (Å²) in [5.41, 5.74) is 1.80. The van der Waals surface area contributed by atoms with Gasteiger partial charge in [0, 0.05) is 33.8 Å². The molecule has 0 saturated heterocycles. The average Bonchev–Trinajstić information content (AvgIpc) is 3.38. The summed E-state index contributed by atoms with van der Waals surface area (Å²) in [4.78, 5) is 28.5. The Bertz CT molecular complexity index is 1150. The molecule has 2 amide bonds. The zero-order chi connectivity index (χ0) is 22.0. The van der Waals surface area contributed by atoms with Gasteiger partial charge >= 0.3 is 0 Å². The summed E-state index contributed by atoms with van der Waals surface area (Å²) in [7, 11) is 3.09. The minimum atomic E-state index is -0.421. The molecule has 3 aromatic rings. The molecule has 0 bridgehead atoms. The highest BCUT2D eigenvalue weighted by atomic mass is 35.5. The van der Waals surface area contributed by atoms with E-state index in [1.54, 1.807) is 50.6 Å². The molecule has 1 aliphatic rings. The Labute approximate surface area is 188 Å². The van der Waals surface area contributed by atoms with E-state index in [4.69, 9.17) is 21.1 Å². The van der Waals surface area contributed by atoms with E-state index >= 15 is 0 Å². The molecule has 6 nitrogen and oxygen atoms in total. The molecule has 0 aliphatic carbocycles. The number of hydrogen-bond acceptors (Lipinski definition) is 6. The Balaban J connectivity index is 1.73. The van der Waals surface area contributed by atoms with Gasteiger partial charge in [0.2, 0.25) is 0 Å². The Morgan fingerprint density at radius 2 is 1.68 bits per heavy atom. The summed E-state index contributed by atoms with van der Waals surface area (Å²) in [5.74, 6) is 0.328. The molecule has 158 valence electrons. The number of benzene rings is 2. The van der Waals surface area contributed by atoms with Crippen LogP contribution in [0.2, 0.25) is 5.02 Å². The minimum absolute atomic E-state index is 0.0822. The molecule has 2 heterocycles. The number of rotatable bonds is 7. The number of methoxy groups -OCH3 is 2. The molecule has 0 spiro atoms. The van der Waals surface area contributed by atoms with Crippen molar-refractivity contribution in [2.45, 2.75) is 6.54 Å². The largest absolute Gasteiger partial charge is 0.497 e. The number of nitrogens with zero attached hydrogens (tertiary/aromatic N) is 1. The van der Waals surface area contributed by atoms with Crippen LogP contribution < -0.4 is 14.8 Å². The molecule has 0 radical (unpaired) electrons. The molecular formula is C23H19ClN2O4S. The lowest BCUT2D eigenvalue weighted by molar-refractivity contribution is -0.137. The topological polar surface area (TPSA) is 67.9 Å².